The van der Waals surface area contributed by atoms with Crippen molar-refractivity contribution >= 4 is 11.7 Å². The Morgan fingerprint density at radius 1 is 1.35 bits per heavy atom. The zero-order valence-electron chi connectivity index (χ0n) is 12.5. The quantitative estimate of drug-likeness (QED) is 0.890. The van der Waals surface area contributed by atoms with E-state index in [1.165, 1.54) is 12.1 Å². The summed E-state index contributed by atoms with van der Waals surface area (Å²) in [6, 6.07) is 4.71. The predicted octanol–water partition coefficient (Wildman–Crippen LogP) is 3.21. The Bertz CT molecular complexity index is 518. The third kappa shape index (κ3) is 5.63. The van der Waals surface area contributed by atoms with Crippen LogP contribution in [0.5, 0.6) is 5.75 Å². The summed E-state index contributed by atoms with van der Waals surface area (Å²) in [5.41, 5.74) is 0.397. The number of carbonyl (C=O) groups excluding carboxylic acids is 1. The van der Waals surface area contributed by atoms with E-state index in [-0.39, 0.29) is 24.3 Å². The Hall–Kier alpha value is -1.96. The molecule has 0 aromatic heterocycles. The minimum absolute atomic E-state index is 0.0980. The Morgan fingerprint density at radius 3 is 2.65 bits per heavy atom. The second-order valence-electron chi connectivity index (χ2n) is 5.47. The van der Waals surface area contributed by atoms with Crippen LogP contribution >= 0.6 is 0 Å². The Kier molecular flexibility index (Phi) is 5.70. The summed E-state index contributed by atoms with van der Waals surface area (Å²) in [7, 11) is 0. The van der Waals surface area contributed by atoms with Gasteiger partial charge in [-0.05, 0) is 49.4 Å². The highest BCUT2D eigenvalue weighted by atomic mass is 19.4. The summed E-state index contributed by atoms with van der Waals surface area (Å²) in [5, 5.41) is 11.6. The first-order valence-electron chi connectivity index (χ1n) is 7.40. The average Bonchev–Trinajstić information content (AvgIpc) is 2.48. The highest BCUT2D eigenvalue weighted by molar-refractivity contribution is 5.89. The maximum absolute atomic E-state index is 12.2. The lowest BCUT2D eigenvalue weighted by Gasteiger charge is -2.32. The monoisotopic (exact) mass is 332 g/mol. The molecule has 1 aromatic rings. The highest BCUT2D eigenvalue weighted by Gasteiger charge is 2.31. The Labute approximate surface area is 132 Å². The van der Waals surface area contributed by atoms with Gasteiger partial charge in [-0.15, -0.1) is 13.2 Å². The number of piperidine rings is 1. The van der Waals surface area contributed by atoms with E-state index in [1.54, 1.807) is 4.90 Å². The van der Waals surface area contributed by atoms with E-state index in [9.17, 15) is 18.0 Å². The lowest BCUT2D eigenvalue weighted by atomic mass is 9.95. The van der Waals surface area contributed by atoms with Crippen molar-refractivity contribution in [3.63, 3.8) is 0 Å². The van der Waals surface area contributed by atoms with Crippen LogP contribution in [0.2, 0.25) is 0 Å². The number of urea groups is 1. The molecule has 2 rings (SSSR count). The van der Waals surface area contributed by atoms with Crippen LogP contribution in [-0.4, -0.2) is 42.1 Å². The van der Waals surface area contributed by atoms with Crippen LogP contribution < -0.4 is 10.1 Å². The number of amides is 2. The van der Waals surface area contributed by atoms with Crippen molar-refractivity contribution in [2.45, 2.75) is 25.6 Å². The molecule has 5 nitrogen and oxygen atoms in total. The molecule has 0 spiro atoms. The van der Waals surface area contributed by atoms with Crippen molar-refractivity contribution in [2.75, 3.05) is 25.0 Å². The molecule has 1 aliphatic rings. The average molecular weight is 332 g/mol. The van der Waals surface area contributed by atoms with Gasteiger partial charge in [-0.25, -0.2) is 4.79 Å². The van der Waals surface area contributed by atoms with Gasteiger partial charge in [-0.1, -0.05) is 0 Å². The zero-order chi connectivity index (χ0) is 16.9. The molecular weight excluding hydrogens is 313 g/mol. The van der Waals surface area contributed by atoms with Crippen LogP contribution in [-0.2, 0) is 0 Å². The van der Waals surface area contributed by atoms with Crippen molar-refractivity contribution in [1.29, 1.82) is 0 Å². The standard InChI is InChI=1S/C15H19F3N2O3/c16-15(17,18)23-13-5-3-12(4-6-13)19-14(22)20-8-1-2-11(10-20)7-9-21/h3-6,11,21H,1-2,7-10H2,(H,19,22)/t11-/m1/s1. The number of likely N-dealkylation sites (tertiary alicyclic amines) is 1. The van der Waals surface area contributed by atoms with Crippen molar-refractivity contribution in [1.82, 2.24) is 4.90 Å². The normalized spacial score (nSPS) is 18.6. The minimum atomic E-state index is -4.74. The van der Waals surface area contributed by atoms with Gasteiger partial charge in [0.1, 0.15) is 5.75 Å². The molecule has 0 saturated carbocycles. The lowest BCUT2D eigenvalue weighted by Crippen LogP contribution is -2.42. The van der Waals surface area contributed by atoms with Crippen LogP contribution in [0.15, 0.2) is 24.3 Å². The van der Waals surface area contributed by atoms with E-state index in [4.69, 9.17) is 5.11 Å². The van der Waals surface area contributed by atoms with Gasteiger partial charge in [0.25, 0.3) is 0 Å². The molecule has 1 heterocycles. The number of hydrogen-bond acceptors (Lipinski definition) is 3. The molecule has 1 atom stereocenters. The van der Waals surface area contributed by atoms with Gasteiger partial charge in [-0.2, -0.15) is 0 Å². The second-order valence-corrected chi connectivity index (χ2v) is 5.47. The maximum Gasteiger partial charge on any atom is 0.573 e. The topological polar surface area (TPSA) is 61.8 Å². The molecule has 2 amide bonds. The first kappa shape index (κ1) is 17.4. The molecule has 2 N–H and O–H groups in total. The number of aliphatic hydroxyl groups is 1. The molecule has 1 aliphatic heterocycles. The molecule has 8 heteroatoms. The first-order chi connectivity index (χ1) is 10.9. The van der Waals surface area contributed by atoms with Gasteiger partial charge in [0.2, 0.25) is 0 Å². The van der Waals surface area contributed by atoms with Crippen LogP contribution in [0.25, 0.3) is 0 Å². The maximum atomic E-state index is 12.2. The lowest BCUT2D eigenvalue weighted by molar-refractivity contribution is -0.274. The fourth-order valence-corrected chi connectivity index (χ4v) is 2.61. The van der Waals surface area contributed by atoms with Crippen molar-refractivity contribution in [2.24, 2.45) is 5.92 Å². The van der Waals surface area contributed by atoms with Crippen molar-refractivity contribution in [3.05, 3.63) is 24.3 Å². The minimum Gasteiger partial charge on any atom is -0.406 e. The van der Waals surface area contributed by atoms with Crippen LogP contribution in [0.4, 0.5) is 23.7 Å². The Morgan fingerprint density at radius 2 is 2.04 bits per heavy atom. The highest BCUT2D eigenvalue weighted by Crippen LogP contribution is 2.24. The molecular formula is C15H19F3N2O3. The number of nitrogens with one attached hydrogen (secondary N) is 1. The SMILES string of the molecule is O=C(Nc1ccc(OC(F)(F)F)cc1)N1CCC[C@H](CCO)C1. The van der Waals surface area contributed by atoms with Gasteiger partial charge in [0, 0.05) is 25.4 Å². The summed E-state index contributed by atoms with van der Waals surface area (Å²) in [4.78, 5) is 13.8. The first-order valence-corrected chi connectivity index (χ1v) is 7.40. The van der Waals surface area contributed by atoms with Gasteiger partial charge in [-0.3, -0.25) is 0 Å². The van der Waals surface area contributed by atoms with E-state index in [2.05, 4.69) is 10.1 Å². The third-order valence-corrected chi connectivity index (χ3v) is 3.68. The number of alkyl halides is 3. The predicted molar refractivity (Wildman–Crippen MR) is 78.1 cm³/mol. The van der Waals surface area contributed by atoms with E-state index in [0.29, 0.717) is 25.2 Å². The zero-order valence-corrected chi connectivity index (χ0v) is 12.5. The van der Waals surface area contributed by atoms with Crippen molar-refractivity contribution in [3.8, 4) is 5.75 Å². The molecule has 1 saturated heterocycles. The van der Waals surface area contributed by atoms with E-state index >= 15 is 0 Å². The van der Waals surface area contributed by atoms with E-state index in [0.717, 1.165) is 25.0 Å². The third-order valence-electron chi connectivity index (χ3n) is 3.68. The van der Waals surface area contributed by atoms with Gasteiger partial charge >= 0.3 is 12.4 Å². The number of rotatable bonds is 4. The number of ether oxygens (including phenoxy) is 1. The molecule has 128 valence electrons. The smallest absolute Gasteiger partial charge is 0.406 e. The number of benzene rings is 1. The Balaban J connectivity index is 1.89. The molecule has 1 fully saturated rings. The number of hydrogen-bond donors (Lipinski definition) is 2. The number of aliphatic hydroxyl groups excluding tert-OH is 1. The number of nitrogens with zero attached hydrogens (tertiary/aromatic N) is 1. The number of halogens is 3. The molecule has 0 aliphatic carbocycles. The molecule has 23 heavy (non-hydrogen) atoms. The number of anilines is 1. The van der Waals surface area contributed by atoms with Crippen molar-refractivity contribution < 1.29 is 27.8 Å². The van der Waals surface area contributed by atoms with Crippen LogP contribution in [0.3, 0.4) is 0 Å². The second kappa shape index (κ2) is 7.54. The molecule has 0 radical (unpaired) electrons. The summed E-state index contributed by atoms with van der Waals surface area (Å²) < 4.78 is 40.0. The summed E-state index contributed by atoms with van der Waals surface area (Å²) >= 11 is 0. The number of carbonyl (C=O) groups is 1. The fourth-order valence-electron chi connectivity index (χ4n) is 2.61. The van der Waals surface area contributed by atoms with Gasteiger partial charge < -0.3 is 20.1 Å². The summed E-state index contributed by atoms with van der Waals surface area (Å²) in [6.07, 6.45) is -2.22. The van der Waals surface area contributed by atoms with E-state index < -0.39 is 6.36 Å². The molecule has 1 aromatic carbocycles. The molecule has 0 bridgehead atoms. The fraction of sp³-hybridized carbons (Fsp3) is 0.533. The summed E-state index contributed by atoms with van der Waals surface area (Å²) in [5.74, 6) is -0.0569. The van der Waals surface area contributed by atoms with Crippen LogP contribution in [0, 0.1) is 5.92 Å². The van der Waals surface area contributed by atoms with Gasteiger partial charge in [0.05, 0.1) is 0 Å². The van der Waals surface area contributed by atoms with E-state index in [1.807, 2.05) is 0 Å². The van der Waals surface area contributed by atoms with Gasteiger partial charge in [0.15, 0.2) is 0 Å². The van der Waals surface area contributed by atoms with Crippen LogP contribution in [0.1, 0.15) is 19.3 Å². The molecule has 0 unspecified atom stereocenters. The largest absolute Gasteiger partial charge is 0.573 e. The summed E-state index contributed by atoms with van der Waals surface area (Å²) in [6.45, 7) is 1.30.